The molecule has 0 bridgehead atoms. The van der Waals surface area contributed by atoms with E-state index in [1.807, 2.05) is 18.2 Å². The molecule has 0 radical (unpaired) electrons. The summed E-state index contributed by atoms with van der Waals surface area (Å²) in [5.74, 6) is -0.283. The van der Waals surface area contributed by atoms with Crippen molar-refractivity contribution in [1.29, 1.82) is 0 Å². The Balaban J connectivity index is 2.27. The molecule has 0 saturated heterocycles. The molecule has 0 aliphatic rings. The second-order valence-electron chi connectivity index (χ2n) is 2.85. The van der Waals surface area contributed by atoms with Gasteiger partial charge in [-0.15, -0.1) is 0 Å². The zero-order valence-electron chi connectivity index (χ0n) is 7.93. The van der Waals surface area contributed by atoms with Gasteiger partial charge in [0.15, 0.2) is 12.4 Å². The molecule has 1 rings (SSSR count). The monoisotopic (exact) mass is 196 g/mol. The Labute approximate surface area is 82.8 Å². The van der Waals surface area contributed by atoms with Crippen LogP contribution in [0.1, 0.15) is 6.42 Å². The SMILES string of the molecule is O=C(C[n+]1ccccc1)OCCCO. The van der Waals surface area contributed by atoms with Gasteiger partial charge in [0.2, 0.25) is 6.54 Å². The molecule has 14 heavy (non-hydrogen) atoms. The second-order valence-corrected chi connectivity index (χ2v) is 2.85. The van der Waals surface area contributed by atoms with E-state index in [9.17, 15) is 4.79 Å². The van der Waals surface area contributed by atoms with Crippen molar-refractivity contribution in [1.82, 2.24) is 0 Å². The van der Waals surface area contributed by atoms with Crippen molar-refractivity contribution in [3.8, 4) is 0 Å². The van der Waals surface area contributed by atoms with Crippen molar-refractivity contribution >= 4 is 5.97 Å². The smallest absolute Gasteiger partial charge is 0.372 e. The molecule has 0 spiro atoms. The standard InChI is InChI=1S/C10H14NO3/c12-7-4-8-14-10(13)9-11-5-2-1-3-6-11/h1-3,5-6,12H,4,7-9H2/q+1. The van der Waals surface area contributed by atoms with Gasteiger partial charge in [0.1, 0.15) is 0 Å². The van der Waals surface area contributed by atoms with E-state index in [-0.39, 0.29) is 25.7 Å². The first-order valence-corrected chi connectivity index (χ1v) is 4.53. The number of hydrogen-bond acceptors (Lipinski definition) is 3. The van der Waals surface area contributed by atoms with Crippen LogP contribution in [0.15, 0.2) is 30.6 Å². The maximum atomic E-state index is 11.2. The zero-order valence-corrected chi connectivity index (χ0v) is 7.93. The normalized spacial score (nSPS) is 9.79. The number of aromatic nitrogens is 1. The summed E-state index contributed by atoms with van der Waals surface area (Å²) in [5, 5.41) is 8.47. The summed E-state index contributed by atoms with van der Waals surface area (Å²) in [6, 6.07) is 5.58. The molecule has 0 unspecified atom stereocenters. The van der Waals surface area contributed by atoms with Gasteiger partial charge < -0.3 is 9.84 Å². The third kappa shape index (κ3) is 4.00. The van der Waals surface area contributed by atoms with E-state index in [1.165, 1.54) is 0 Å². The van der Waals surface area contributed by atoms with Gasteiger partial charge in [-0.3, -0.25) is 0 Å². The average Bonchev–Trinajstić information content (AvgIpc) is 2.20. The van der Waals surface area contributed by atoms with Crippen molar-refractivity contribution in [3.63, 3.8) is 0 Å². The fourth-order valence-electron chi connectivity index (χ4n) is 0.985. The van der Waals surface area contributed by atoms with Crippen LogP contribution in [0.3, 0.4) is 0 Å². The summed E-state index contributed by atoms with van der Waals surface area (Å²) >= 11 is 0. The van der Waals surface area contributed by atoms with E-state index >= 15 is 0 Å². The molecule has 0 atom stereocenters. The predicted molar refractivity (Wildman–Crippen MR) is 49.3 cm³/mol. The number of pyridine rings is 1. The number of ether oxygens (including phenoxy) is 1. The molecule has 1 heterocycles. The number of rotatable bonds is 5. The van der Waals surface area contributed by atoms with Crippen molar-refractivity contribution in [2.24, 2.45) is 0 Å². The lowest BCUT2D eigenvalue weighted by atomic mass is 10.4. The van der Waals surface area contributed by atoms with E-state index < -0.39 is 0 Å². The summed E-state index contributed by atoms with van der Waals surface area (Å²) in [5.41, 5.74) is 0. The predicted octanol–water partition coefficient (Wildman–Crippen LogP) is -0.100. The summed E-state index contributed by atoms with van der Waals surface area (Å²) in [6.45, 7) is 0.542. The highest BCUT2D eigenvalue weighted by molar-refractivity contribution is 5.67. The van der Waals surface area contributed by atoms with Crippen molar-refractivity contribution in [2.75, 3.05) is 13.2 Å². The fraction of sp³-hybridized carbons (Fsp3) is 0.400. The number of aliphatic hydroxyl groups excluding tert-OH is 1. The minimum absolute atomic E-state index is 0.0474. The Hall–Kier alpha value is -1.42. The fourth-order valence-corrected chi connectivity index (χ4v) is 0.985. The zero-order chi connectivity index (χ0) is 10.2. The van der Waals surface area contributed by atoms with Crippen LogP contribution in [0.5, 0.6) is 0 Å². The van der Waals surface area contributed by atoms with Crippen molar-refractivity contribution in [2.45, 2.75) is 13.0 Å². The minimum Gasteiger partial charge on any atom is -0.461 e. The number of nitrogens with zero attached hydrogens (tertiary/aromatic N) is 1. The van der Waals surface area contributed by atoms with Gasteiger partial charge in [-0.1, -0.05) is 6.07 Å². The number of carbonyl (C=O) groups is 1. The maximum absolute atomic E-state index is 11.2. The first-order valence-electron chi connectivity index (χ1n) is 4.53. The van der Waals surface area contributed by atoms with E-state index in [2.05, 4.69) is 0 Å². The lowest BCUT2D eigenvalue weighted by molar-refractivity contribution is -0.686. The molecule has 0 aliphatic carbocycles. The molecule has 4 nitrogen and oxygen atoms in total. The molecule has 0 amide bonds. The van der Waals surface area contributed by atoms with E-state index in [4.69, 9.17) is 9.84 Å². The second kappa shape index (κ2) is 6.10. The molecular formula is C10H14NO3+. The third-order valence-electron chi connectivity index (χ3n) is 1.65. The molecule has 1 N–H and O–H groups in total. The van der Waals surface area contributed by atoms with Crippen LogP contribution in [0.25, 0.3) is 0 Å². The Morgan fingerprint density at radius 1 is 1.29 bits per heavy atom. The van der Waals surface area contributed by atoms with Gasteiger partial charge in [0, 0.05) is 25.2 Å². The highest BCUT2D eigenvalue weighted by Crippen LogP contribution is 1.84. The number of esters is 1. The van der Waals surface area contributed by atoms with E-state index in [0.29, 0.717) is 6.42 Å². The van der Waals surface area contributed by atoms with Crippen LogP contribution in [0.2, 0.25) is 0 Å². The molecule has 0 saturated carbocycles. The van der Waals surface area contributed by atoms with Crippen molar-refractivity contribution < 1.29 is 19.2 Å². The van der Waals surface area contributed by atoms with Crippen molar-refractivity contribution in [3.05, 3.63) is 30.6 Å². The van der Waals surface area contributed by atoms with Gasteiger partial charge in [-0.05, 0) is 0 Å². The van der Waals surface area contributed by atoms with Crippen LogP contribution < -0.4 is 4.57 Å². The van der Waals surface area contributed by atoms with Crippen LogP contribution in [0, 0.1) is 0 Å². The van der Waals surface area contributed by atoms with Crippen LogP contribution >= 0.6 is 0 Å². The Bertz CT molecular complexity index is 274. The minimum atomic E-state index is -0.283. The van der Waals surface area contributed by atoms with Crippen LogP contribution in [0.4, 0.5) is 0 Å². The molecule has 76 valence electrons. The lowest BCUT2D eigenvalue weighted by Crippen LogP contribution is -2.37. The summed E-state index contributed by atoms with van der Waals surface area (Å²) < 4.78 is 6.60. The Morgan fingerprint density at radius 3 is 2.64 bits per heavy atom. The van der Waals surface area contributed by atoms with E-state index in [0.717, 1.165) is 0 Å². The Kier molecular flexibility index (Phi) is 4.64. The topological polar surface area (TPSA) is 50.4 Å². The number of carbonyl (C=O) groups excluding carboxylic acids is 1. The average molecular weight is 196 g/mol. The maximum Gasteiger partial charge on any atom is 0.372 e. The molecule has 1 aromatic rings. The molecule has 4 heteroatoms. The van der Waals surface area contributed by atoms with Gasteiger partial charge >= 0.3 is 5.97 Å². The first-order chi connectivity index (χ1) is 6.83. The lowest BCUT2D eigenvalue weighted by Gasteiger charge is -2.00. The summed E-state index contributed by atoms with van der Waals surface area (Å²) in [6.07, 6.45) is 4.09. The van der Waals surface area contributed by atoms with Gasteiger partial charge in [-0.2, -0.15) is 4.57 Å². The largest absolute Gasteiger partial charge is 0.461 e. The molecule has 1 aromatic heterocycles. The van der Waals surface area contributed by atoms with Crippen LogP contribution in [-0.4, -0.2) is 24.3 Å². The number of hydrogen-bond donors (Lipinski definition) is 1. The molecular weight excluding hydrogens is 182 g/mol. The highest BCUT2D eigenvalue weighted by atomic mass is 16.5. The molecule has 0 aromatic carbocycles. The molecule has 0 fully saturated rings. The summed E-state index contributed by atoms with van der Waals surface area (Å²) in [4.78, 5) is 11.2. The van der Waals surface area contributed by atoms with Gasteiger partial charge in [0.05, 0.1) is 6.61 Å². The Morgan fingerprint density at radius 2 is 2.00 bits per heavy atom. The van der Waals surface area contributed by atoms with Gasteiger partial charge in [0.25, 0.3) is 0 Å². The van der Waals surface area contributed by atoms with Gasteiger partial charge in [-0.25, -0.2) is 4.79 Å². The van der Waals surface area contributed by atoms with Crippen LogP contribution in [-0.2, 0) is 16.1 Å². The third-order valence-corrected chi connectivity index (χ3v) is 1.65. The highest BCUT2D eigenvalue weighted by Gasteiger charge is 2.08. The summed E-state index contributed by atoms with van der Waals surface area (Å²) in [7, 11) is 0. The quantitative estimate of drug-likeness (QED) is 0.406. The first kappa shape index (κ1) is 10.7. The number of aliphatic hydroxyl groups is 1. The molecule has 0 aliphatic heterocycles. The van der Waals surface area contributed by atoms with E-state index in [1.54, 1.807) is 17.0 Å².